The third-order valence-electron chi connectivity index (χ3n) is 2.07. The van der Waals surface area contributed by atoms with Crippen molar-refractivity contribution in [2.45, 2.75) is 23.9 Å². The van der Waals surface area contributed by atoms with Crippen LogP contribution in [0.1, 0.15) is 19.8 Å². The Bertz CT molecular complexity index is 178. The fourth-order valence-electron chi connectivity index (χ4n) is 1.35. The molecule has 1 aliphatic rings. The topological polar surface area (TPSA) is 49.4 Å². The molecule has 0 aliphatic carbocycles. The van der Waals surface area contributed by atoms with Gasteiger partial charge in [-0.1, -0.05) is 0 Å². The quantitative estimate of drug-likeness (QED) is 0.439. The number of rotatable bonds is 2. The molecule has 0 saturated carbocycles. The fraction of sp³-hybridized carbons (Fsp3) is 0.875. The zero-order chi connectivity index (χ0) is 9.84. The van der Waals surface area contributed by atoms with Gasteiger partial charge in [0.25, 0.3) is 0 Å². The summed E-state index contributed by atoms with van der Waals surface area (Å²) >= 11 is 2.04. The number of hydrogen-bond acceptors (Lipinski definition) is 3. The van der Waals surface area contributed by atoms with Gasteiger partial charge in [-0.3, -0.25) is 4.79 Å². The van der Waals surface area contributed by atoms with E-state index in [0.29, 0.717) is 25.9 Å². The minimum atomic E-state index is -0.157. The maximum absolute atomic E-state index is 11.4. The van der Waals surface area contributed by atoms with Crippen LogP contribution in [0.15, 0.2) is 0 Å². The summed E-state index contributed by atoms with van der Waals surface area (Å²) in [6.45, 7) is 2.73. The van der Waals surface area contributed by atoms with Crippen LogP contribution >= 0.6 is 22.6 Å². The minimum absolute atomic E-state index is 0.0672. The largest absolute Gasteiger partial charge is 0.452 e. The molecule has 1 rings (SSSR count). The maximum atomic E-state index is 11.4. The highest BCUT2D eigenvalue weighted by molar-refractivity contribution is 14.1. The van der Waals surface area contributed by atoms with E-state index >= 15 is 0 Å². The first-order valence-electron chi connectivity index (χ1n) is 4.36. The van der Waals surface area contributed by atoms with E-state index in [-0.39, 0.29) is 16.0 Å². The van der Waals surface area contributed by atoms with Gasteiger partial charge in [0.15, 0.2) is 0 Å². The molecule has 0 aromatic carbocycles. The van der Waals surface area contributed by atoms with Crippen molar-refractivity contribution in [3.8, 4) is 0 Å². The SMILES string of the molecule is CC(I)OC(=O)C1CCN([O])CC1. The van der Waals surface area contributed by atoms with Gasteiger partial charge >= 0.3 is 5.97 Å². The van der Waals surface area contributed by atoms with Crippen molar-refractivity contribution in [2.24, 2.45) is 5.92 Å². The molecule has 1 fully saturated rings. The highest BCUT2D eigenvalue weighted by Crippen LogP contribution is 2.18. The monoisotopic (exact) mass is 298 g/mol. The number of nitrogens with zero attached hydrogens (tertiary/aromatic N) is 1. The molecule has 1 radical (unpaired) electrons. The third-order valence-corrected chi connectivity index (χ3v) is 2.32. The van der Waals surface area contributed by atoms with Gasteiger partial charge in [-0.05, 0) is 42.4 Å². The molecular formula is C8H13INO3. The average Bonchev–Trinajstić information content (AvgIpc) is 2.04. The van der Waals surface area contributed by atoms with Crippen molar-refractivity contribution in [1.82, 2.24) is 5.06 Å². The molecule has 1 heterocycles. The number of hydrogen-bond donors (Lipinski definition) is 0. The van der Waals surface area contributed by atoms with Gasteiger partial charge in [0.05, 0.1) is 5.92 Å². The minimum Gasteiger partial charge on any atom is -0.452 e. The molecule has 1 atom stereocenters. The Balaban J connectivity index is 2.31. The van der Waals surface area contributed by atoms with E-state index in [1.807, 2.05) is 29.5 Å². The Morgan fingerprint density at radius 3 is 2.54 bits per heavy atom. The van der Waals surface area contributed by atoms with Crippen LogP contribution < -0.4 is 0 Å². The predicted molar refractivity (Wildman–Crippen MR) is 54.6 cm³/mol. The van der Waals surface area contributed by atoms with E-state index in [2.05, 4.69) is 0 Å². The Morgan fingerprint density at radius 2 is 2.08 bits per heavy atom. The van der Waals surface area contributed by atoms with Crippen LogP contribution in [0.5, 0.6) is 0 Å². The van der Waals surface area contributed by atoms with Crippen LogP contribution in [0.2, 0.25) is 0 Å². The Labute approximate surface area is 91.3 Å². The van der Waals surface area contributed by atoms with E-state index in [4.69, 9.17) is 4.74 Å². The summed E-state index contributed by atoms with van der Waals surface area (Å²) in [4.78, 5) is 11.4. The first kappa shape index (κ1) is 11.2. The number of carbonyl (C=O) groups is 1. The summed E-state index contributed by atoms with van der Waals surface area (Å²) in [5.41, 5.74) is 0. The van der Waals surface area contributed by atoms with Gasteiger partial charge in [-0.15, -0.1) is 5.21 Å². The molecule has 1 saturated heterocycles. The number of piperidine rings is 1. The van der Waals surface area contributed by atoms with Crippen molar-refractivity contribution in [2.75, 3.05) is 13.1 Å². The molecule has 0 aromatic heterocycles. The highest BCUT2D eigenvalue weighted by atomic mass is 127. The van der Waals surface area contributed by atoms with Gasteiger partial charge in [-0.25, -0.2) is 0 Å². The Kier molecular flexibility index (Phi) is 4.40. The summed E-state index contributed by atoms with van der Waals surface area (Å²) < 4.78 is 4.96. The second-order valence-corrected chi connectivity index (χ2v) is 4.94. The lowest BCUT2D eigenvalue weighted by Gasteiger charge is -2.24. The summed E-state index contributed by atoms with van der Waals surface area (Å²) in [6.07, 6.45) is 1.26. The summed E-state index contributed by atoms with van der Waals surface area (Å²) in [7, 11) is 0. The predicted octanol–water partition coefficient (Wildman–Crippen LogP) is 1.37. The molecule has 75 valence electrons. The number of carbonyl (C=O) groups excluding carboxylic acids is 1. The molecule has 13 heavy (non-hydrogen) atoms. The molecule has 1 aliphatic heterocycles. The zero-order valence-corrected chi connectivity index (χ0v) is 9.69. The summed E-state index contributed by atoms with van der Waals surface area (Å²) in [6, 6.07) is 0. The highest BCUT2D eigenvalue weighted by Gasteiger charge is 2.26. The number of alkyl halides is 1. The first-order valence-corrected chi connectivity index (χ1v) is 5.61. The van der Waals surface area contributed by atoms with Gasteiger partial charge in [0, 0.05) is 13.1 Å². The van der Waals surface area contributed by atoms with E-state index in [1.165, 1.54) is 0 Å². The Morgan fingerprint density at radius 1 is 1.54 bits per heavy atom. The summed E-state index contributed by atoms with van der Waals surface area (Å²) in [5.74, 6) is -0.225. The second-order valence-electron chi connectivity index (χ2n) is 3.18. The fourth-order valence-corrected chi connectivity index (χ4v) is 1.60. The molecule has 5 heteroatoms. The number of esters is 1. The molecule has 0 spiro atoms. The zero-order valence-electron chi connectivity index (χ0n) is 7.53. The molecule has 0 amide bonds. The van der Waals surface area contributed by atoms with Crippen molar-refractivity contribution < 1.29 is 14.7 Å². The Hall–Kier alpha value is 0.120. The van der Waals surface area contributed by atoms with E-state index in [0.717, 1.165) is 5.06 Å². The lowest BCUT2D eigenvalue weighted by atomic mass is 9.98. The van der Waals surface area contributed by atoms with Gasteiger partial charge < -0.3 is 4.74 Å². The normalized spacial score (nSPS) is 22.7. The molecule has 0 N–H and O–H groups in total. The molecule has 0 aromatic rings. The van der Waals surface area contributed by atoms with Crippen LogP contribution in [0.4, 0.5) is 0 Å². The van der Waals surface area contributed by atoms with Crippen LogP contribution in [0.25, 0.3) is 0 Å². The average molecular weight is 298 g/mol. The second kappa shape index (κ2) is 5.11. The lowest BCUT2D eigenvalue weighted by molar-refractivity contribution is -0.180. The van der Waals surface area contributed by atoms with E-state index in [1.54, 1.807) is 0 Å². The van der Waals surface area contributed by atoms with E-state index < -0.39 is 0 Å². The third kappa shape index (κ3) is 3.78. The standard InChI is InChI=1S/C8H13INO3/c1-6(9)13-8(11)7-2-4-10(12)5-3-7/h6-7H,2-5H2,1H3. The summed E-state index contributed by atoms with van der Waals surface area (Å²) in [5, 5.41) is 11.8. The molecule has 4 nitrogen and oxygen atoms in total. The smallest absolute Gasteiger partial charge is 0.310 e. The van der Waals surface area contributed by atoms with Crippen molar-refractivity contribution in [1.29, 1.82) is 0 Å². The van der Waals surface area contributed by atoms with Gasteiger partial charge in [0.1, 0.15) is 4.11 Å². The number of ether oxygens (including phenoxy) is 1. The van der Waals surface area contributed by atoms with Crippen LogP contribution in [0, 0.1) is 5.92 Å². The van der Waals surface area contributed by atoms with E-state index in [9.17, 15) is 10.0 Å². The van der Waals surface area contributed by atoms with Gasteiger partial charge in [-0.2, -0.15) is 5.06 Å². The molecule has 1 unspecified atom stereocenters. The van der Waals surface area contributed by atoms with Crippen molar-refractivity contribution >= 4 is 28.6 Å². The maximum Gasteiger partial charge on any atom is 0.310 e. The number of hydroxylamine groups is 2. The van der Waals surface area contributed by atoms with Crippen LogP contribution in [0.3, 0.4) is 0 Å². The molecular weight excluding hydrogens is 285 g/mol. The first-order chi connectivity index (χ1) is 6.09. The lowest BCUT2D eigenvalue weighted by Crippen LogP contribution is -2.34. The molecule has 0 bridgehead atoms. The van der Waals surface area contributed by atoms with Crippen molar-refractivity contribution in [3.05, 3.63) is 0 Å². The van der Waals surface area contributed by atoms with Crippen LogP contribution in [-0.4, -0.2) is 28.2 Å². The number of halogens is 1. The van der Waals surface area contributed by atoms with Crippen molar-refractivity contribution in [3.63, 3.8) is 0 Å². The van der Waals surface area contributed by atoms with Gasteiger partial charge in [0.2, 0.25) is 0 Å². The van der Waals surface area contributed by atoms with Crippen LogP contribution in [-0.2, 0) is 14.7 Å².